The number of carbonyl (C=O) groups excluding carboxylic acids is 2. The Labute approximate surface area is 224 Å². The molecule has 1 aliphatic heterocycles. The van der Waals surface area contributed by atoms with E-state index >= 15 is 0 Å². The standard InChI is InChI=1S/C29H35Cl2N3O2/c1-20(2)29(19-32,22-10-5-4-6-11-22)14-8-7-13-27(35)34-15-9-12-26(34)28(36)33-18-24-21(3)16-23(30)17-25(24)31/h4-6,10-11,16-17,20,26H,7-9,12-15,18H2,1-3H3,(H,33,36)/t26-,29+/m1/s1. The molecular formula is C29H35Cl2N3O2. The van der Waals surface area contributed by atoms with E-state index in [1.807, 2.05) is 43.3 Å². The lowest BCUT2D eigenvalue weighted by Crippen LogP contribution is -2.45. The van der Waals surface area contributed by atoms with Crippen LogP contribution < -0.4 is 5.32 Å². The summed E-state index contributed by atoms with van der Waals surface area (Å²) in [7, 11) is 0. The first kappa shape index (κ1) is 28.0. The highest BCUT2D eigenvalue weighted by Gasteiger charge is 2.36. The SMILES string of the molecule is Cc1cc(Cl)cc(Cl)c1CNC(=O)[C@H]1CCCN1C(=O)CCCC[C@@](C#N)(c1ccccc1)C(C)C. The van der Waals surface area contributed by atoms with Crippen molar-refractivity contribution in [2.24, 2.45) is 5.92 Å². The third-order valence-corrected chi connectivity index (χ3v) is 7.94. The van der Waals surface area contributed by atoms with Gasteiger partial charge in [0.2, 0.25) is 11.8 Å². The minimum absolute atomic E-state index is 0.000159. The minimum atomic E-state index is -0.568. The monoisotopic (exact) mass is 527 g/mol. The van der Waals surface area contributed by atoms with Crippen molar-refractivity contribution in [2.75, 3.05) is 6.54 Å². The minimum Gasteiger partial charge on any atom is -0.350 e. The van der Waals surface area contributed by atoms with Crippen LogP contribution in [0.3, 0.4) is 0 Å². The average Bonchev–Trinajstić information content (AvgIpc) is 3.34. The third kappa shape index (κ3) is 6.41. The largest absolute Gasteiger partial charge is 0.350 e. The fraction of sp³-hybridized carbons (Fsp3) is 0.483. The molecule has 192 valence electrons. The fourth-order valence-corrected chi connectivity index (χ4v) is 5.82. The molecule has 2 atom stereocenters. The number of unbranched alkanes of at least 4 members (excludes halogenated alkanes) is 1. The molecule has 0 aromatic heterocycles. The van der Waals surface area contributed by atoms with Crippen LogP contribution in [0.4, 0.5) is 0 Å². The molecule has 2 aromatic rings. The van der Waals surface area contributed by atoms with Gasteiger partial charge in [-0.05, 0) is 67.3 Å². The molecule has 1 saturated heterocycles. The highest BCUT2D eigenvalue weighted by atomic mass is 35.5. The topological polar surface area (TPSA) is 73.2 Å². The van der Waals surface area contributed by atoms with Gasteiger partial charge in [-0.25, -0.2) is 0 Å². The van der Waals surface area contributed by atoms with Crippen LogP contribution in [0, 0.1) is 24.2 Å². The number of hydrogen-bond donors (Lipinski definition) is 1. The number of amides is 2. The van der Waals surface area contributed by atoms with Crippen molar-refractivity contribution in [1.82, 2.24) is 10.2 Å². The number of halogens is 2. The number of nitrogens with zero attached hydrogens (tertiary/aromatic N) is 2. The van der Waals surface area contributed by atoms with E-state index in [9.17, 15) is 14.9 Å². The summed E-state index contributed by atoms with van der Waals surface area (Å²) in [6.07, 6.45) is 3.99. The lowest BCUT2D eigenvalue weighted by molar-refractivity contribution is -0.138. The van der Waals surface area contributed by atoms with Gasteiger partial charge in [0.05, 0.1) is 11.5 Å². The van der Waals surface area contributed by atoms with Crippen molar-refractivity contribution < 1.29 is 9.59 Å². The summed E-state index contributed by atoms with van der Waals surface area (Å²) >= 11 is 12.4. The van der Waals surface area contributed by atoms with E-state index in [0.717, 1.165) is 29.5 Å². The maximum atomic E-state index is 13.0. The molecule has 3 rings (SSSR count). The normalized spacial score (nSPS) is 17.0. The molecule has 0 radical (unpaired) electrons. The molecule has 1 N–H and O–H groups in total. The molecule has 0 bridgehead atoms. The van der Waals surface area contributed by atoms with E-state index in [0.29, 0.717) is 48.8 Å². The summed E-state index contributed by atoms with van der Waals surface area (Å²) in [5, 5.41) is 14.1. The van der Waals surface area contributed by atoms with Crippen molar-refractivity contribution >= 4 is 35.0 Å². The van der Waals surface area contributed by atoms with Crippen molar-refractivity contribution in [3.8, 4) is 6.07 Å². The number of hydrogen-bond acceptors (Lipinski definition) is 3. The number of rotatable bonds is 10. The second kappa shape index (κ2) is 12.6. The van der Waals surface area contributed by atoms with Gasteiger partial charge in [0, 0.05) is 29.6 Å². The fourth-order valence-electron chi connectivity index (χ4n) is 5.16. The number of nitriles is 1. The van der Waals surface area contributed by atoms with Gasteiger partial charge in [-0.3, -0.25) is 9.59 Å². The molecule has 0 unspecified atom stereocenters. The maximum Gasteiger partial charge on any atom is 0.243 e. The molecule has 36 heavy (non-hydrogen) atoms. The van der Waals surface area contributed by atoms with E-state index in [1.54, 1.807) is 11.0 Å². The molecule has 0 aliphatic carbocycles. The maximum absolute atomic E-state index is 13.0. The Morgan fingerprint density at radius 3 is 2.56 bits per heavy atom. The summed E-state index contributed by atoms with van der Waals surface area (Å²) in [4.78, 5) is 27.7. The number of aryl methyl sites for hydroxylation is 1. The molecule has 1 aliphatic rings. The van der Waals surface area contributed by atoms with Crippen LogP contribution in [0.5, 0.6) is 0 Å². The summed E-state index contributed by atoms with van der Waals surface area (Å²) < 4.78 is 0. The smallest absolute Gasteiger partial charge is 0.243 e. The number of likely N-dealkylation sites (tertiary alicyclic amines) is 1. The molecule has 0 saturated carbocycles. The Morgan fingerprint density at radius 1 is 1.19 bits per heavy atom. The summed E-state index contributed by atoms with van der Waals surface area (Å²) in [6, 6.07) is 15.5. The van der Waals surface area contributed by atoms with E-state index in [1.165, 1.54) is 0 Å². The van der Waals surface area contributed by atoms with Crippen LogP contribution in [0.25, 0.3) is 0 Å². The highest BCUT2D eigenvalue weighted by Crippen LogP contribution is 2.37. The lowest BCUT2D eigenvalue weighted by atomic mass is 9.69. The Bertz CT molecular complexity index is 1090. The van der Waals surface area contributed by atoms with Crippen LogP contribution in [-0.2, 0) is 21.5 Å². The summed E-state index contributed by atoms with van der Waals surface area (Å²) in [5.41, 5.74) is 2.20. The van der Waals surface area contributed by atoms with Crippen molar-refractivity contribution in [3.05, 3.63) is 69.2 Å². The molecule has 0 spiro atoms. The Hall–Kier alpha value is -2.55. The third-order valence-electron chi connectivity index (χ3n) is 7.38. The van der Waals surface area contributed by atoms with Gasteiger partial charge in [-0.15, -0.1) is 0 Å². The Kier molecular flexibility index (Phi) is 9.82. The van der Waals surface area contributed by atoms with Crippen molar-refractivity contribution in [3.63, 3.8) is 0 Å². The molecule has 1 heterocycles. The van der Waals surface area contributed by atoms with Crippen molar-refractivity contribution in [2.45, 2.75) is 77.3 Å². The van der Waals surface area contributed by atoms with E-state index in [4.69, 9.17) is 23.2 Å². The predicted octanol–water partition coefficient (Wildman–Crippen LogP) is 6.59. The molecular weight excluding hydrogens is 493 g/mol. The van der Waals surface area contributed by atoms with Gasteiger partial charge in [0.1, 0.15) is 6.04 Å². The average molecular weight is 529 g/mol. The first-order valence-corrected chi connectivity index (χ1v) is 13.4. The van der Waals surface area contributed by atoms with E-state index in [2.05, 4.69) is 25.2 Å². The van der Waals surface area contributed by atoms with Gasteiger partial charge < -0.3 is 10.2 Å². The van der Waals surface area contributed by atoms with Gasteiger partial charge in [0.15, 0.2) is 0 Å². The van der Waals surface area contributed by atoms with Gasteiger partial charge in [-0.1, -0.05) is 73.8 Å². The summed E-state index contributed by atoms with van der Waals surface area (Å²) in [5.74, 6) is 0.00358. The highest BCUT2D eigenvalue weighted by molar-refractivity contribution is 6.35. The second-order valence-corrected chi connectivity index (χ2v) is 10.8. The quantitative estimate of drug-likeness (QED) is 0.354. The van der Waals surface area contributed by atoms with Gasteiger partial charge >= 0.3 is 0 Å². The van der Waals surface area contributed by atoms with Crippen molar-refractivity contribution in [1.29, 1.82) is 5.26 Å². The number of nitrogens with one attached hydrogen (secondary N) is 1. The first-order valence-electron chi connectivity index (χ1n) is 12.7. The van der Waals surface area contributed by atoms with Gasteiger partial charge in [0.25, 0.3) is 0 Å². The predicted molar refractivity (Wildman–Crippen MR) is 145 cm³/mol. The Balaban J connectivity index is 1.54. The lowest BCUT2D eigenvalue weighted by Gasteiger charge is -2.31. The van der Waals surface area contributed by atoms with Crippen LogP contribution in [0.2, 0.25) is 10.0 Å². The number of carbonyl (C=O) groups is 2. The zero-order valence-corrected chi connectivity index (χ0v) is 22.8. The Morgan fingerprint density at radius 2 is 1.92 bits per heavy atom. The van der Waals surface area contributed by atoms with Crippen LogP contribution in [0.15, 0.2) is 42.5 Å². The van der Waals surface area contributed by atoms with Crippen LogP contribution >= 0.6 is 23.2 Å². The molecule has 5 nitrogen and oxygen atoms in total. The molecule has 2 aromatic carbocycles. The van der Waals surface area contributed by atoms with Crippen LogP contribution in [-0.4, -0.2) is 29.3 Å². The first-order chi connectivity index (χ1) is 17.2. The second-order valence-electron chi connectivity index (χ2n) is 9.96. The zero-order chi connectivity index (χ0) is 26.3. The number of benzene rings is 2. The van der Waals surface area contributed by atoms with E-state index in [-0.39, 0.29) is 17.7 Å². The molecule has 2 amide bonds. The van der Waals surface area contributed by atoms with Crippen LogP contribution in [0.1, 0.15) is 69.1 Å². The zero-order valence-electron chi connectivity index (χ0n) is 21.3. The molecule has 7 heteroatoms. The van der Waals surface area contributed by atoms with Gasteiger partial charge in [-0.2, -0.15) is 5.26 Å². The van der Waals surface area contributed by atoms with E-state index < -0.39 is 11.5 Å². The summed E-state index contributed by atoms with van der Waals surface area (Å²) in [6.45, 7) is 6.95. The molecule has 1 fully saturated rings.